The number of carbonyl (C=O) groups is 1. The van der Waals surface area contributed by atoms with Crippen molar-refractivity contribution in [2.45, 2.75) is 6.18 Å². The molecule has 1 heterocycles. The van der Waals surface area contributed by atoms with Gasteiger partial charge in [0, 0.05) is 0 Å². The number of carboxylic acids is 1. The van der Waals surface area contributed by atoms with Crippen LogP contribution in [0.3, 0.4) is 0 Å². The van der Waals surface area contributed by atoms with Crippen molar-refractivity contribution < 1.29 is 23.1 Å². The number of nitrogens with zero attached hydrogens (tertiary/aromatic N) is 2. The molecule has 5 nitrogen and oxygen atoms in total. The molecule has 100 valence electrons. The summed E-state index contributed by atoms with van der Waals surface area (Å²) in [5, 5.41) is 13.9. The minimum absolute atomic E-state index is 0.0349. The Morgan fingerprint density at radius 3 is 2.37 bits per heavy atom. The van der Waals surface area contributed by atoms with Crippen molar-refractivity contribution in [2.75, 3.05) is 0 Å². The molecule has 2 rings (SSSR count). The molecule has 0 bridgehead atoms. The fraction of sp³-hybridized carbons (Fsp3) is 0.100. The number of carboxylic acid groups (broad SMARTS) is 1. The first-order valence-corrected chi connectivity index (χ1v) is 5.30. The molecule has 0 atom stereocenters. The van der Waals surface area contributed by atoms with E-state index in [2.05, 4.69) is 10.2 Å². The third-order valence-corrected chi connectivity index (χ3v) is 2.57. The Morgan fingerprint density at radius 2 is 1.89 bits per heavy atom. The van der Waals surface area contributed by atoms with Gasteiger partial charge in [0.1, 0.15) is 0 Å². The van der Waals surface area contributed by atoms with Crippen LogP contribution in [-0.2, 0) is 6.18 Å². The number of aromatic carboxylic acids is 1. The van der Waals surface area contributed by atoms with Crippen molar-refractivity contribution in [2.24, 2.45) is 0 Å². The van der Waals surface area contributed by atoms with E-state index >= 15 is 0 Å². The van der Waals surface area contributed by atoms with E-state index in [0.29, 0.717) is 4.57 Å². The third kappa shape index (κ3) is 2.50. The Morgan fingerprint density at radius 1 is 1.32 bits per heavy atom. The normalized spacial score (nSPS) is 11.5. The zero-order chi connectivity index (χ0) is 14.2. The highest BCUT2D eigenvalue weighted by atomic mass is 32.1. The highest BCUT2D eigenvalue weighted by Gasteiger charge is 2.37. The lowest BCUT2D eigenvalue weighted by Gasteiger charge is -2.09. The van der Waals surface area contributed by atoms with Gasteiger partial charge in [-0.1, -0.05) is 0 Å². The molecule has 1 aromatic heterocycles. The molecule has 0 fully saturated rings. The number of aromatic amines is 1. The van der Waals surface area contributed by atoms with E-state index < -0.39 is 18.0 Å². The van der Waals surface area contributed by atoms with Crippen LogP contribution < -0.4 is 0 Å². The van der Waals surface area contributed by atoms with E-state index in [1.54, 1.807) is 0 Å². The first kappa shape index (κ1) is 13.3. The van der Waals surface area contributed by atoms with Crippen LogP contribution >= 0.6 is 12.2 Å². The van der Waals surface area contributed by atoms with Crippen LogP contribution in [0, 0.1) is 4.77 Å². The second-order valence-electron chi connectivity index (χ2n) is 3.54. The van der Waals surface area contributed by atoms with Gasteiger partial charge < -0.3 is 5.11 Å². The lowest BCUT2D eigenvalue weighted by molar-refractivity contribution is -0.146. The number of hydrogen-bond donors (Lipinski definition) is 2. The SMILES string of the molecule is O=C(O)c1ccc(-n2c(C(F)(F)F)n[nH]c2=S)cc1. The maximum Gasteiger partial charge on any atom is 0.452 e. The van der Waals surface area contributed by atoms with Gasteiger partial charge >= 0.3 is 12.1 Å². The number of H-pyrrole nitrogens is 1. The van der Waals surface area contributed by atoms with Crippen molar-refractivity contribution in [1.82, 2.24) is 14.8 Å². The molecule has 0 amide bonds. The Balaban J connectivity index is 2.56. The largest absolute Gasteiger partial charge is 0.478 e. The number of nitrogens with one attached hydrogen (secondary N) is 1. The standard InChI is InChI=1S/C10H6F3N3O2S/c11-10(12,13)8-14-15-9(19)16(8)6-3-1-5(2-4-6)7(17)18/h1-4H,(H,15,19)(H,17,18). The summed E-state index contributed by atoms with van der Waals surface area (Å²) in [5.74, 6) is -2.36. The number of benzene rings is 1. The van der Waals surface area contributed by atoms with Gasteiger partial charge in [0.05, 0.1) is 11.3 Å². The first-order chi connectivity index (χ1) is 8.80. The molecule has 2 N–H and O–H groups in total. The van der Waals surface area contributed by atoms with Crippen LogP contribution in [0.15, 0.2) is 24.3 Å². The van der Waals surface area contributed by atoms with E-state index in [1.807, 2.05) is 0 Å². The Hall–Kier alpha value is -2.16. The van der Waals surface area contributed by atoms with Crippen molar-refractivity contribution in [3.05, 3.63) is 40.4 Å². The molecule has 19 heavy (non-hydrogen) atoms. The maximum atomic E-state index is 12.7. The highest BCUT2D eigenvalue weighted by molar-refractivity contribution is 7.71. The molecule has 9 heteroatoms. The number of halogens is 3. The Labute approximate surface area is 109 Å². The molecule has 0 saturated heterocycles. The topological polar surface area (TPSA) is 70.9 Å². The molecule has 0 aliphatic rings. The van der Waals surface area contributed by atoms with Gasteiger partial charge in [-0.05, 0) is 36.5 Å². The second kappa shape index (κ2) is 4.50. The average Bonchev–Trinajstić information content (AvgIpc) is 2.71. The van der Waals surface area contributed by atoms with Gasteiger partial charge in [0.15, 0.2) is 4.77 Å². The predicted octanol–water partition coefficient (Wildman–Crippen LogP) is 2.65. The lowest BCUT2D eigenvalue weighted by atomic mass is 10.2. The summed E-state index contributed by atoms with van der Waals surface area (Å²) in [6.07, 6.45) is -4.67. The quantitative estimate of drug-likeness (QED) is 0.834. The Bertz CT molecular complexity index is 673. The predicted molar refractivity (Wildman–Crippen MR) is 60.7 cm³/mol. The first-order valence-electron chi connectivity index (χ1n) is 4.89. The molecule has 0 unspecified atom stereocenters. The number of aromatic nitrogens is 3. The summed E-state index contributed by atoms with van der Waals surface area (Å²) >= 11 is 4.74. The van der Waals surface area contributed by atoms with Crippen molar-refractivity contribution in [1.29, 1.82) is 0 Å². The highest BCUT2D eigenvalue weighted by Crippen LogP contribution is 2.29. The summed E-state index contributed by atoms with van der Waals surface area (Å²) in [5.41, 5.74) is 0.0448. The minimum Gasteiger partial charge on any atom is -0.478 e. The van der Waals surface area contributed by atoms with Gasteiger partial charge in [-0.15, -0.1) is 5.10 Å². The molecule has 0 spiro atoms. The number of rotatable bonds is 2. The van der Waals surface area contributed by atoms with E-state index in [9.17, 15) is 18.0 Å². The van der Waals surface area contributed by atoms with E-state index in [4.69, 9.17) is 17.3 Å². The van der Waals surface area contributed by atoms with Crippen LogP contribution in [-0.4, -0.2) is 25.8 Å². The summed E-state index contributed by atoms with van der Waals surface area (Å²) in [7, 11) is 0. The third-order valence-electron chi connectivity index (χ3n) is 2.30. The van der Waals surface area contributed by atoms with E-state index in [-0.39, 0.29) is 16.0 Å². The maximum absolute atomic E-state index is 12.7. The summed E-state index contributed by atoms with van der Waals surface area (Å²) in [4.78, 5) is 10.7. The monoisotopic (exact) mass is 289 g/mol. The fourth-order valence-corrected chi connectivity index (χ4v) is 1.72. The van der Waals surface area contributed by atoms with E-state index in [0.717, 1.165) is 0 Å². The smallest absolute Gasteiger partial charge is 0.452 e. The van der Waals surface area contributed by atoms with Gasteiger partial charge in [-0.25, -0.2) is 4.79 Å². The molecule has 0 aliphatic heterocycles. The number of hydrogen-bond acceptors (Lipinski definition) is 3. The molecule has 0 saturated carbocycles. The fourth-order valence-electron chi connectivity index (χ4n) is 1.48. The molecule has 0 radical (unpaired) electrons. The zero-order valence-electron chi connectivity index (χ0n) is 9.10. The Kier molecular flexibility index (Phi) is 3.14. The second-order valence-corrected chi connectivity index (χ2v) is 3.92. The minimum atomic E-state index is -4.67. The van der Waals surface area contributed by atoms with Crippen molar-refractivity contribution in [3.8, 4) is 5.69 Å². The van der Waals surface area contributed by atoms with Gasteiger partial charge in [0.25, 0.3) is 0 Å². The summed E-state index contributed by atoms with van der Waals surface area (Å²) < 4.78 is 38.6. The van der Waals surface area contributed by atoms with Gasteiger partial charge in [0.2, 0.25) is 5.82 Å². The zero-order valence-corrected chi connectivity index (χ0v) is 9.92. The lowest BCUT2D eigenvalue weighted by Crippen LogP contribution is -2.14. The van der Waals surface area contributed by atoms with Crippen LogP contribution in [0.1, 0.15) is 16.2 Å². The molecule has 0 aliphatic carbocycles. The van der Waals surface area contributed by atoms with Crippen LogP contribution in [0.4, 0.5) is 13.2 Å². The molecular formula is C10H6F3N3O2S. The molecular weight excluding hydrogens is 283 g/mol. The van der Waals surface area contributed by atoms with Gasteiger partial charge in [-0.3, -0.25) is 9.67 Å². The van der Waals surface area contributed by atoms with Crippen LogP contribution in [0.2, 0.25) is 0 Å². The van der Waals surface area contributed by atoms with E-state index in [1.165, 1.54) is 24.3 Å². The summed E-state index contributed by atoms with van der Waals surface area (Å²) in [6, 6.07) is 4.83. The van der Waals surface area contributed by atoms with Crippen molar-refractivity contribution >= 4 is 18.2 Å². The molecule has 1 aromatic carbocycles. The van der Waals surface area contributed by atoms with Crippen LogP contribution in [0.25, 0.3) is 5.69 Å². The van der Waals surface area contributed by atoms with Crippen molar-refractivity contribution in [3.63, 3.8) is 0 Å². The van der Waals surface area contributed by atoms with Gasteiger partial charge in [-0.2, -0.15) is 13.2 Å². The number of alkyl halides is 3. The molecule has 2 aromatic rings. The van der Waals surface area contributed by atoms with Crippen LogP contribution in [0.5, 0.6) is 0 Å². The average molecular weight is 289 g/mol. The summed E-state index contributed by atoms with van der Waals surface area (Å²) in [6.45, 7) is 0.